The molecule has 0 bridgehead atoms. The van der Waals surface area contributed by atoms with E-state index in [1.807, 2.05) is 0 Å². The number of rotatable bonds is 6. The summed E-state index contributed by atoms with van der Waals surface area (Å²) in [7, 11) is 3.33. The van der Waals surface area contributed by atoms with Crippen LogP contribution >= 0.6 is 0 Å². The van der Waals surface area contributed by atoms with E-state index in [0.29, 0.717) is 0 Å². The summed E-state index contributed by atoms with van der Waals surface area (Å²) in [5.41, 5.74) is 5.16. The number of methoxy groups -OCH3 is 2. The summed E-state index contributed by atoms with van der Waals surface area (Å²) in [5, 5.41) is 3.12. The Bertz CT molecular complexity index is 850. The van der Waals surface area contributed by atoms with Gasteiger partial charge in [-0.1, -0.05) is 24.3 Å². The first-order chi connectivity index (χ1) is 13.4. The lowest BCUT2D eigenvalue weighted by Gasteiger charge is -2.38. The fraction of sp³-hybridized carbons (Fsp3) is 0.435. The highest BCUT2D eigenvalue weighted by Crippen LogP contribution is 2.35. The molecule has 0 radical (unpaired) electrons. The zero-order valence-electron chi connectivity index (χ0n) is 17.5. The van der Waals surface area contributed by atoms with E-state index in [4.69, 9.17) is 9.47 Å². The number of nitrogens with one attached hydrogen (secondary N) is 2. The molecule has 0 saturated heterocycles. The van der Waals surface area contributed by atoms with Crippen LogP contribution in [0.4, 0.5) is 0 Å². The van der Waals surface area contributed by atoms with Crippen molar-refractivity contribution in [2.24, 2.45) is 0 Å². The van der Waals surface area contributed by atoms with Crippen molar-refractivity contribution in [3.63, 3.8) is 0 Å². The molecule has 5 nitrogen and oxygen atoms in total. The van der Waals surface area contributed by atoms with Crippen LogP contribution in [0.3, 0.4) is 0 Å². The molecule has 5 heteroatoms. The minimum Gasteiger partial charge on any atom is -0.493 e. The Morgan fingerprint density at radius 2 is 1.89 bits per heavy atom. The summed E-state index contributed by atoms with van der Waals surface area (Å²) in [6.45, 7) is 7.76. The molecule has 2 aromatic rings. The number of ether oxygens (including phenoxy) is 2. The quantitative estimate of drug-likeness (QED) is 0.804. The van der Waals surface area contributed by atoms with Gasteiger partial charge in [0.25, 0.3) is 0 Å². The third-order valence-corrected chi connectivity index (χ3v) is 5.75. The predicted octanol–water partition coefficient (Wildman–Crippen LogP) is 2.22. The lowest BCUT2D eigenvalue weighted by molar-refractivity contribution is -0.948. The molecule has 0 saturated carbocycles. The SMILES string of the molecule is COc1cc2c(cc1OC)[C@@H]([C@@H](C)NC(C)=O)[NH+](Cc1ccccc1C)CC2. The van der Waals surface area contributed by atoms with Crippen molar-refractivity contribution in [3.8, 4) is 11.5 Å². The van der Waals surface area contributed by atoms with Crippen LogP contribution in [0.1, 0.15) is 42.1 Å². The van der Waals surface area contributed by atoms with Crippen molar-refractivity contribution in [2.75, 3.05) is 20.8 Å². The van der Waals surface area contributed by atoms with Crippen LogP contribution in [0.15, 0.2) is 36.4 Å². The van der Waals surface area contributed by atoms with Gasteiger partial charge in [0.1, 0.15) is 12.6 Å². The number of hydrogen-bond acceptors (Lipinski definition) is 3. The van der Waals surface area contributed by atoms with Crippen LogP contribution in [0.2, 0.25) is 0 Å². The molecule has 1 amide bonds. The fourth-order valence-corrected chi connectivity index (χ4v) is 4.39. The number of carbonyl (C=O) groups excluding carboxylic acids is 1. The number of amides is 1. The smallest absolute Gasteiger partial charge is 0.217 e. The summed E-state index contributed by atoms with van der Waals surface area (Å²) in [6, 6.07) is 12.9. The van der Waals surface area contributed by atoms with Crippen LogP contribution in [0, 0.1) is 6.92 Å². The topological polar surface area (TPSA) is 52.0 Å². The van der Waals surface area contributed by atoms with Gasteiger partial charge >= 0.3 is 0 Å². The van der Waals surface area contributed by atoms with E-state index in [1.54, 1.807) is 21.1 Å². The largest absolute Gasteiger partial charge is 0.493 e. The molecule has 0 aromatic heterocycles. The lowest BCUT2D eigenvalue weighted by Crippen LogP contribution is -3.13. The third kappa shape index (κ3) is 4.14. The predicted molar refractivity (Wildman–Crippen MR) is 110 cm³/mol. The maximum atomic E-state index is 11.8. The van der Waals surface area contributed by atoms with E-state index < -0.39 is 0 Å². The highest BCUT2D eigenvalue weighted by atomic mass is 16.5. The number of hydrogen-bond donors (Lipinski definition) is 2. The minimum absolute atomic E-state index is 0.00431. The van der Waals surface area contributed by atoms with E-state index in [2.05, 4.69) is 55.6 Å². The fourth-order valence-electron chi connectivity index (χ4n) is 4.39. The molecule has 0 spiro atoms. The molecule has 1 aliphatic rings. The summed E-state index contributed by atoms with van der Waals surface area (Å²) in [5.74, 6) is 1.49. The van der Waals surface area contributed by atoms with E-state index in [9.17, 15) is 4.79 Å². The molecule has 0 fully saturated rings. The summed E-state index contributed by atoms with van der Waals surface area (Å²) in [4.78, 5) is 13.2. The van der Waals surface area contributed by atoms with Gasteiger partial charge in [0.2, 0.25) is 5.91 Å². The standard InChI is InChI=1S/C23H30N2O3/c1-15-8-6-7-9-19(15)14-25-11-10-18-12-21(27-4)22(28-5)13-20(18)23(25)16(2)24-17(3)26/h6-9,12-13,16,23H,10-11,14H2,1-5H3,(H,24,26)/p+1/t16-,23-/m1/s1. The highest BCUT2D eigenvalue weighted by Gasteiger charge is 2.37. The number of aryl methyl sites for hydroxylation is 1. The van der Waals surface area contributed by atoms with Crippen LogP contribution in [0.25, 0.3) is 0 Å². The van der Waals surface area contributed by atoms with Crippen molar-refractivity contribution in [1.29, 1.82) is 0 Å². The van der Waals surface area contributed by atoms with E-state index in [0.717, 1.165) is 31.0 Å². The number of quaternary nitrogens is 1. The van der Waals surface area contributed by atoms with E-state index in [1.165, 1.54) is 27.2 Å². The van der Waals surface area contributed by atoms with Gasteiger partial charge in [-0.15, -0.1) is 0 Å². The normalized spacial score (nSPS) is 19.5. The first-order valence-corrected chi connectivity index (χ1v) is 9.85. The Balaban J connectivity index is 2.02. The molecule has 3 rings (SSSR count). The Morgan fingerprint density at radius 1 is 1.21 bits per heavy atom. The van der Waals surface area contributed by atoms with Gasteiger partial charge < -0.3 is 19.7 Å². The monoisotopic (exact) mass is 383 g/mol. The van der Waals surface area contributed by atoms with Crippen molar-refractivity contribution < 1.29 is 19.2 Å². The van der Waals surface area contributed by atoms with Crippen LogP contribution < -0.4 is 19.7 Å². The van der Waals surface area contributed by atoms with Crippen molar-refractivity contribution in [1.82, 2.24) is 5.32 Å². The molecular weight excluding hydrogens is 352 g/mol. The molecule has 3 atom stereocenters. The summed E-state index contributed by atoms with van der Waals surface area (Å²) in [6.07, 6.45) is 0.972. The maximum absolute atomic E-state index is 11.8. The van der Waals surface area contributed by atoms with Gasteiger partial charge in [-0.2, -0.15) is 0 Å². The Kier molecular flexibility index (Phi) is 6.25. The molecule has 2 N–H and O–H groups in total. The Hall–Kier alpha value is -2.53. The number of fused-ring (bicyclic) bond motifs is 1. The lowest BCUT2D eigenvalue weighted by atomic mass is 9.87. The molecule has 1 aliphatic heterocycles. The van der Waals surface area contributed by atoms with Crippen LogP contribution in [0.5, 0.6) is 11.5 Å². The van der Waals surface area contributed by atoms with Gasteiger partial charge in [-0.05, 0) is 37.1 Å². The molecule has 0 aliphatic carbocycles. The second-order valence-electron chi connectivity index (χ2n) is 7.63. The van der Waals surface area contributed by atoms with Gasteiger partial charge in [-0.25, -0.2) is 0 Å². The van der Waals surface area contributed by atoms with E-state index in [-0.39, 0.29) is 18.0 Å². The first-order valence-electron chi connectivity index (χ1n) is 9.85. The second kappa shape index (κ2) is 8.65. The first kappa shape index (κ1) is 20.2. The van der Waals surface area contributed by atoms with Gasteiger partial charge in [0.05, 0.1) is 26.8 Å². The summed E-state index contributed by atoms with van der Waals surface area (Å²) < 4.78 is 11.1. The van der Waals surface area contributed by atoms with Gasteiger partial charge in [-0.3, -0.25) is 4.79 Å². The minimum atomic E-state index is -0.00431. The number of carbonyl (C=O) groups is 1. The molecule has 2 aromatic carbocycles. The van der Waals surface area contributed by atoms with Gasteiger partial charge in [0, 0.05) is 24.5 Å². The Morgan fingerprint density at radius 3 is 2.54 bits per heavy atom. The van der Waals surface area contributed by atoms with E-state index >= 15 is 0 Å². The average Bonchev–Trinajstić information content (AvgIpc) is 2.67. The molecule has 150 valence electrons. The Labute approximate surface area is 167 Å². The molecular formula is C23H31N2O3+. The molecule has 1 unspecified atom stereocenters. The van der Waals surface area contributed by atoms with Gasteiger partial charge in [0.15, 0.2) is 11.5 Å². The second-order valence-corrected chi connectivity index (χ2v) is 7.63. The zero-order chi connectivity index (χ0) is 20.3. The molecule has 1 heterocycles. The average molecular weight is 384 g/mol. The third-order valence-electron chi connectivity index (χ3n) is 5.75. The highest BCUT2D eigenvalue weighted by molar-refractivity contribution is 5.73. The van der Waals surface area contributed by atoms with Crippen LogP contribution in [-0.4, -0.2) is 32.7 Å². The van der Waals surface area contributed by atoms with Crippen molar-refractivity contribution in [3.05, 3.63) is 58.7 Å². The maximum Gasteiger partial charge on any atom is 0.217 e. The zero-order valence-corrected chi connectivity index (χ0v) is 17.5. The molecule has 28 heavy (non-hydrogen) atoms. The summed E-state index contributed by atoms with van der Waals surface area (Å²) >= 11 is 0. The van der Waals surface area contributed by atoms with Crippen LogP contribution in [-0.2, 0) is 17.8 Å². The van der Waals surface area contributed by atoms with Crippen molar-refractivity contribution in [2.45, 2.75) is 45.8 Å². The number of benzene rings is 2. The van der Waals surface area contributed by atoms with Crippen molar-refractivity contribution >= 4 is 5.91 Å².